The van der Waals surface area contributed by atoms with E-state index in [-0.39, 0.29) is 11.1 Å². The van der Waals surface area contributed by atoms with Gasteiger partial charge in [0.15, 0.2) is 0 Å². The van der Waals surface area contributed by atoms with E-state index in [0.29, 0.717) is 18.2 Å². The molecular formula is C15H9F7. The zero-order valence-corrected chi connectivity index (χ0v) is 11.1. The molecule has 0 saturated carbocycles. The molecule has 22 heavy (non-hydrogen) atoms. The smallest absolute Gasteiger partial charge is 0.207 e. The van der Waals surface area contributed by atoms with Crippen LogP contribution in [0.1, 0.15) is 16.7 Å². The monoisotopic (exact) mass is 322 g/mol. The van der Waals surface area contributed by atoms with E-state index in [4.69, 9.17) is 0 Å². The van der Waals surface area contributed by atoms with Crippen LogP contribution in [0.2, 0.25) is 0 Å². The summed E-state index contributed by atoms with van der Waals surface area (Å²) < 4.78 is 91.5. The van der Waals surface area contributed by atoms with Crippen LogP contribution in [-0.2, 0) is 12.4 Å². The summed E-state index contributed by atoms with van der Waals surface area (Å²) >= 11 is 0. The second-order valence-electron chi connectivity index (χ2n) is 4.69. The number of hydrogen-bond acceptors (Lipinski definition) is 0. The number of benzene rings is 2. The van der Waals surface area contributed by atoms with Crippen LogP contribution in [0.5, 0.6) is 0 Å². The highest BCUT2D eigenvalue weighted by molar-refractivity contribution is 5.73. The van der Waals surface area contributed by atoms with Crippen molar-refractivity contribution in [3.8, 4) is 11.1 Å². The van der Waals surface area contributed by atoms with Crippen molar-refractivity contribution in [2.75, 3.05) is 0 Å². The number of hydrogen-bond donors (Lipinski definition) is 0. The second kappa shape index (κ2) is 5.30. The third-order valence-electron chi connectivity index (χ3n) is 3.12. The van der Waals surface area contributed by atoms with Crippen LogP contribution in [-0.4, -0.2) is 0 Å². The lowest BCUT2D eigenvalue weighted by Gasteiger charge is -2.19. The van der Waals surface area contributed by atoms with Gasteiger partial charge in [0.25, 0.3) is 0 Å². The van der Waals surface area contributed by atoms with Gasteiger partial charge in [-0.2, -0.15) is 26.3 Å². The summed E-state index contributed by atoms with van der Waals surface area (Å²) in [6.07, 6.45) is -9.92. The Hall–Kier alpha value is -2.05. The number of aryl methyl sites for hydroxylation is 1. The molecule has 0 unspecified atom stereocenters. The average molecular weight is 322 g/mol. The zero-order valence-electron chi connectivity index (χ0n) is 11.1. The zero-order chi connectivity index (χ0) is 16.7. The van der Waals surface area contributed by atoms with Gasteiger partial charge in [0.05, 0.1) is 11.1 Å². The lowest BCUT2D eigenvalue weighted by Crippen LogP contribution is -2.14. The lowest BCUT2D eigenvalue weighted by atomic mass is 9.92. The predicted molar refractivity (Wildman–Crippen MR) is 66.6 cm³/mol. The predicted octanol–water partition coefficient (Wildman–Crippen LogP) is 5.84. The molecule has 2 aromatic carbocycles. The molecule has 0 saturated heterocycles. The van der Waals surface area contributed by atoms with Crippen LogP contribution >= 0.6 is 0 Å². The molecule has 0 radical (unpaired) electrons. The van der Waals surface area contributed by atoms with Crippen molar-refractivity contribution in [3.63, 3.8) is 0 Å². The summed E-state index contributed by atoms with van der Waals surface area (Å²) in [5, 5.41) is 0. The van der Waals surface area contributed by atoms with Gasteiger partial charge < -0.3 is 0 Å². The van der Waals surface area contributed by atoms with E-state index in [0.717, 1.165) is 18.2 Å². The Kier molecular flexibility index (Phi) is 3.93. The summed E-state index contributed by atoms with van der Waals surface area (Å²) in [4.78, 5) is 0. The third-order valence-corrected chi connectivity index (χ3v) is 3.12. The maximum atomic E-state index is 13.2. The molecule has 0 aromatic heterocycles. The summed E-state index contributed by atoms with van der Waals surface area (Å²) in [6.45, 7) is 1.27. The van der Waals surface area contributed by atoms with Gasteiger partial charge in [-0.05, 0) is 42.3 Å². The highest BCUT2D eigenvalue weighted by atomic mass is 19.4. The molecule has 0 aliphatic carbocycles. The van der Waals surface area contributed by atoms with Crippen LogP contribution in [0.15, 0.2) is 36.4 Å². The summed E-state index contributed by atoms with van der Waals surface area (Å²) in [7, 11) is 0. The first kappa shape index (κ1) is 16.3. The van der Waals surface area contributed by atoms with Crippen LogP contribution in [0.4, 0.5) is 30.7 Å². The first-order valence-electron chi connectivity index (χ1n) is 6.05. The van der Waals surface area contributed by atoms with Gasteiger partial charge in [0.2, 0.25) is 0 Å². The molecule has 2 rings (SSSR count). The maximum Gasteiger partial charge on any atom is 0.417 e. The number of rotatable bonds is 1. The van der Waals surface area contributed by atoms with E-state index in [9.17, 15) is 30.7 Å². The molecule has 0 atom stereocenters. The fourth-order valence-corrected chi connectivity index (χ4v) is 2.14. The van der Waals surface area contributed by atoms with Crippen molar-refractivity contribution < 1.29 is 30.7 Å². The number of alkyl halides is 6. The Bertz CT molecular complexity index is 664. The number of halogens is 7. The standard InChI is InChI=1S/C15H9F7/c1-8-7-9(5-6-12(8)16)13-10(14(17,18)19)3-2-4-11(13)15(20,21)22/h2-7H,1H3. The fourth-order valence-electron chi connectivity index (χ4n) is 2.14. The Morgan fingerprint density at radius 3 is 1.68 bits per heavy atom. The quantitative estimate of drug-likeness (QED) is 0.579. The molecule has 2 aromatic rings. The molecule has 0 aliphatic rings. The minimum absolute atomic E-state index is 0.0393. The Balaban J connectivity index is 2.83. The van der Waals surface area contributed by atoms with Crippen LogP contribution in [0.3, 0.4) is 0 Å². The van der Waals surface area contributed by atoms with Gasteiger partial charge in [-0.25, -0.2) is 4.39 Å². The van der Waals surface area contributed by atoms with Crippen molar-refractivity contribution in [3.05, 3.63) is 58.9 Å². The van der Waals surface area contributed by atoms with Crippen molar-refractivity contribution in [1.82, 2.24) is 0 Å². The molecule has 0 fully saturated rings. The highest BCUT2D eigenvalue weighted by Crippen LogP contribution is 2.44. The summed E-state index contributed by atoms with van der Waals surface area (Å²) in [5.74, 6) is -0.707. The lowest BCUT2D eigenvalue weighted by molar-refractivity contribution is -0.142. The minimum atomic E-state index is -4.96. The first-order chi connectivity index (χ1) is 10.0. The van der Waals surface area contributed by atoms with E-state index in [1.54, 1.807) is 0 Å². The van der Waals surface area contributed by atoms with Gasteiger partial charge in [-0.1, -0.05) is 12.1 Å². The molecular weight excluding hydrogens is 313 g/mol. The summed E-state index contributed by atoms with van der Waals surface area (Å²) in [6, 6.07) is 4.56. The normalized spacial score (nSPS) is 12.5. The van der Waals surface area contributed by atoms with Crippen molar-refractivity contribution in [2.45, 2.75) is 19.3 Å². The van der Waals surface area contributed by atoms with Crippen LogP contribution < -0.4 is 0 Å². The Morgan fingerprint density at radius 2 is 1.27 bits per heavy atom. The SMILES string of the molecule is Cc1cc(-c2c(C(F)(F)F)cccc2C(F)(F)F)ccc1F. The van der Waals surface area contributed by atoms with Crippen molar-refractivity contribution >= 4 is 0 Å². The van der Waals surface area contributed by atoms with Gasteiger partial charge in [0.1, 0.15) is 5.82 Å². The molecule has 0 amide bonds. The largest absolute Gasteiger partial charge is 0.417 e. The minimum Gasteiger partial charge on any atom is -0.207 e. The molecule has 0 N–H and O–H groups in total. The van der Waals surface area contributed by atoms with E-state index in [1.165, 1.54) is 6.92 Å². The maximum absolute atomic E-state index is 13.2. The molecule has 0 heterocycles. The topological polar surface area (TPSA) is 0 Å². The van der Waals surface area contributed by atoms with E-state index < -0.39 is 34.9 Å². The molecule has 0 nitrogen and oxygen atoms in total. The van der Waals surface area contributed by atoms with Crippen LogP contribution in [0.25, 0.3) is 11.1 Å². The molecule has 0 aliphatic heterocycles. The highest BCUT2D eigenvalue weighted by Gasteiger charge is 2.40. The van der Waals surface area contributed by atoms with Gasteiger partial charge in [0, 0.05) is 5.56 Å². The van der Waals surface area contributed by atoms with E-state index in [2.05, 4.69) is 0 Å². The second-order valence-corrected chi connectivity index (χ2v) is 4.69. The molecule has 0 bridgehead atoms. The Labute approximate surface area is 121 Å². The third kappa shape index (κ3) is 3.08. The van der Waals surface area contributed by atoms with Crippen LogP contribution in [0, 0.1) is 12.7 Å². The van der Waals surface area contributed by atoms with Crippen molar-refractivity contribution in [1.29, 1.82) is 0 Å². The van der Waals surface area contributed by atoms with E-state index in [1.807, 2.05) is 0 Å². The first-order valence-corrected chi connectivity index (χ1v) is 6.05. The molecule has 0 spiro atoms. The Morgan fingerprint density at radius 1 is 0.773 bits per heavy atom. The molecule has 7 heteroatoms. The fraction of sp³-hybridized carbons (Fsp3) is 0.200. The van der Waals surface area contributed by atoms with Crippen molar-refractivity contribution in [2.24, 2.45) is 0 Å². The van der Waals surface area contributed by atoms with Gasteiger partial charge in [-0.15, -0.1) is 0 Å². The van der Waals surface area contributed by atoms with Gasteiger partial charge >= 0.3 is 12.4 Å². The average Bonchev–Trinajstić information content (AvgIpc) is 2.39. The van der Waals surface area contributed by atoms with E-state index >= 15 is 0 Å². The molecule has 118 valence electrons. The summed E-state index contributed by atoms with van der Waals surface area (Å²) in [5.41, 5.74) is -4.19. The van der Waals surface area contributed by atoms with Gasteiger partial charge in [-0.3, -0.25) is 0 Å².